The fourth-order valence-corrected chi connectivity index (χ4v) is 3.86. The zero-order valence-electron chi connectivity index (χ0n) is 16.0. The van der Waals surface area contributed by atoms with Gasteiger partial charge >= 0.3 is 0 Å². The summed E-state index contributed by atoms with van der Waals surface area (Å²) in [4.78, 5) is 17.8. The molecule has 0 saturated heterocycles. The molecule has 0 unspecified atom stereocenters. The second-order valence-electron chi connectivity index (χ2n) is 6.82. The van der Waals surface area contributed by atoms with Crippen LogP contribution in [-0.4, -0.2) is 21.2 Å². The van der Waals surface area contributed by atoms with E-state index in [1.807, 2.05) is 49.4 Å². The van der Waals surface area contributed by atoms with Gasteiger partial charge < -0.3 is 4.74 Å². The highest BCUT2D eigenvalue weighted by molar-refractivity contribution is 7.15. The molecule has 28 heavy (non-hydrogen) atoms. The van der Waals surface area contributed by atoms with Crippen LogP contribution in [0.25, 0.3) is 22.4 Å². The fourth-order valence-electron chi connectivity index (χ4n) is 2.95. The molecule has 0 fully saturated rings. The summed E-state index contributed by atoms with van der Waals surface area (Å²) in [7, 11) is 0. The zero-order valence-corrected chi connectivity index (χ0v) is 16.9. The summed E-state index contributed by atoms with van der Waals surface area (Å²) >= 11 is 1.35. The fraction of sp³-hybridized carbons (Fsp3) is 0.227. The first-order valence-electron chi connectivity index (χ1n) is 9.29. The summed E-state index contributed by atoms with van der Waals surface area (Å²) in [5.41, 5.74) is 2.99. The van der Waals surface area contributed by atoms with E-state index in [1.54, 1.807) is 0 Å². The number of ether oxygens (including phenoxy) is 1. The van der Waals surface area contributed by atoms with Crippen molar-refractivity contribution in [3.8, 4) is 17.1 Å². The standard InChI is InChI=1S/C22H21N3O2S/c1-4-27-18-11-9-17(10-12-18)20-23-22-25(24-20)21(26)19(28-22)13-15-5-7-16(8-6-15)14(2)3/h5-14H,4H2,1-3H3/b19-13+. The quantitative estimate of drug-likeness (QED) is 0.518. The lowest BCUT2D eigenvalue weighted by molar-refractivity contribution is 0.340. The van der Waals surface area contributed by atoms with E-state index in [1.165, 1.54) is 21.4 Å². The smallest absolute Gasteiger partial charge is 0.291 e. The third-order valence-electron chi connectivity index (χ3n) is 4.51. The number of rotatable bonds is 5. The van der Waals surface area contributed by atoms with Crippen molar-refractivity contribution in [2.24, 2.45) is 0 Å². The Morgan fingerprint density at radius 2 is 1.82 bits per heavy atom. The van der Waals surface area contributed by atoms with Crippen LogP contribution in [0, 0.1) is 0 Å². The second kappa shape index (κ2) is 7.56. The second-order valence-corrected chi connectivity index (χ2v) is 7.83. The molecule has 2 aromatic carbocycles. The molecule has 0 aliphatic rings. The average Bonchev–Trinajstić information content (AvgIpc) is 3.23. The normalized spacial score (nSPS) is 12.2. The van der Waals surface area contributed by atoms with Crippen molar-refractivity contribution >= 4 is 22.4 Å². The molecule has 2 heterocycles. The molecule has 0 N–H and O–H groups in total. The number of thiazole rings is 1. The van der Waals surface area contributed by atoms with E-state index in [9.17, 15) is 4.79 Å². The maximum atomic E-state index is 12.7. The van der Waals surface area contributed by atoms with Gasteiger partial charge in [0, 0.05) is 5.56 Å². The van der Waals surface area contributed by atoms with Gasteiger partial charge in [-0.15, -0.1) is 5.10 Å². The van der Waals surface area contributed by atoms with Crippen LogP contribution in [0.2, 0.25) is 0 Å². The van der Waals surface area contributed by atoms with Gasteiger partial charge in [-0.25, -0.2) is 0 Å². The molecular formula is C22H21N3O2S. The van der Waals surface area contributed by atoms with Gasteiger partial charge in [0.25, 0.3) is 5.56 Å². The van der Waals surface area contributed by atoms with Gasteiger partial charge in [0.15, 0.2) is 5.82 Å². The van der Waals surface area contributed by atoms with Crippen LogP contribution in [-0.2, 0) is 0 Å². The van der Waals surface area contributed by atoms with Gasteiger partial charge in [-0.3, -0.25) is 4.79 Å². The topological polar surface area (TPSA) is 56.5 Å². The van der Waals surface area contributed by atoms with Crippen molar-refractivity contribution in [2.45, 2.75) is 26.7 Å². The van der Waals surface area contributed by atoms with Crippen molar-refractivity contribution in [3.05, 3.63) is 74.5 Å². The summed E-state index contributed by atoms with van der Waals surface area (Å²) in [6.45, 7) is 6.89. The third-order valence-corrected chi connectivity index (χ3v) is 5.47. The van der Waals surface area contributed by atoms with E-state index in [-0.39, 0.29) is 5.56 Å². The van der Waals surface area contributed by atoms with E-state index in [0.29, 0.717) is 27.8 Å². The monoisotopic (exact) mass is 391 g/mol. The minimum absolute atomic E-state index is 0.141. The Bertz CT molecular complexity index is 1210. The molecule has 6 heteroatoms. The Morgan fingerprint density at radius 3 is 2.43 bits per heavy atom. The molecule has 0 spiro atoms. The lowest BCUT2D eigenvalue weighted by Crippen LogP contribution is -2.23. The number of hydrogen-bond donors (Lipinski definition) is 0. The first kappa shape index (κ1) is 18.4. The minimum atomic E-state index is -0.141. The number of hydrogen-bond acceptors (Lipinski definition) is 5. The number of fused-ring (bicyclic) bond motifs is 1. The molecule has 4 rings (SSSR count). The average molecular weight is 391 g/mol. The largest absolute Gasteiger partial charge is 0.494 e. The molecule has 0 atom stereocenters. The molecule has 5 nitrogen and oxygen atoms in total. The van der Waals surface area contributed by atoms with Crippen LogP contribution < -0.4 is 14.8 Å². The summed E-state index contributed by atoms with van der Waals surface area (Å²) in [6.07, 6.45) is 1.89. The molecule has 0 radical (unpaired) electrons. The van der Waals surface area contributed by atoms with Gasteiger partial charge in [0.2, 0.25) is 4.96 Å². The highest BCUT2D eigenvalue weighted by Crippen LogP contribution is 2.20. The summed E-state index contributed by atoms with van der Waals surface area (Å²) in [5, 5.41) is 4.40. The van der Waals surface area contributed by atoms with Crippen molar-refractivity contribution in [1.82, 2.24) is 14.6 Å². The van der Waals surface area contributed by atoms with Crippen molar-refractivity contribution in [1.29, 1.82) is 0 Å². The van der Waals surface area contributed by atoms with Crippen LogP contribution in [0.1, 0.15) is 37.8 Å². The maximum absolute atomic E-state index is 12.7. The van der Waals surface area contributed by atoms with E-state index < -0.39 is 0 Å². The lowest BCUT2D eigenvalue weighted by Gasteiger charge is -2.04. The molecule has 0 aliphatic carbocycles. The Kier molecular flexibility index (Phi) is 4.96. The molecular weight excluding hydrogens is 370 g/mol. The van der Waals surface area contributed by atoms with Crippen molar-refractivity contribution in [2.75, 3.05) is 6.61 Å². The predicted molar refractivity (Wildman–Crippen MR) is 113 cm³/mol. The first-order chi connectivity index (χ1) is 13.5. The van der Waals surface area contributed by atoms with Gasteiger partial charge in [0.1, 0.15) is 5.75 Å². The van der Waals surface area contributed by atoms with Gasteiger partial charge in [-0.1, -0.05) is 49.4 Å². The molecule has 0 aliphatic heterocycles. The Hall–Kier alpha value is -2.99. The van der Waals surface area contributed by atoms with Gasteiger partial charge in [0.05, 0.1) is 11.1 Å². The van der Waals surface area contributed by atoms with Crippen LogP contribution in [0.3, 0.4) is 0 Å². The highest BCUT2D eigenvalue weighted by Gasteiger charge is 2.12. The third kappa shape index (κ3) is 3.55. The number of nitrogens with zero attached hydrogens (tertiary/aromatic N) is 3. The molecule has 0 saturated carbocycles. The zero-order chi connectivity index (χ0) is 19.7. The molecule has 4 aromatic rings. The van der Waals surface area contributed by atoms with Crippen LogP contribution >= 0.6 is 11.3 Å². The predicted octanol–water partition coefficient (Wildman–Crippen LogP) is 3.89. The SMILES string of the molecule is CCOc1ccc(-c2nc3s/c(=C/c4ccc(C(C)C)cc4)c(=O)n3n2)cc1. The lowest BCUT2D eigenvalue weighted by atomic mass is 10.0. The van der Waals surface area contributed by atoms with Crippen molar-refractivity contribution in [3.63, 3.8) is 0 Å². The van der Waals surface area contributed by atoms with E-state index in [4.69, 9.17) is 4.74 Å². The molecule has 0 bridgehead atoms. The van der Waals surface area contributed by atoms with Gasteiger partial charge in [-0.05, 0) is 54.3 Å². The van der Waals surface area contributed by atoms with Crippen molar-refractivity contribution < 1.29 is 4.74 Å². The minimum Gasteiger partial charge on any atom is -0.494 e. The number of benzene rings is 2. The van der Waals surface area contributed by atoms with E-state index in [0.717, 1.165) is 16.9 Å². The first-order valence-corrected chi connectivity index (χ1v) is 10.1. The van der Waals surface area contributed by atoms with Crippen LogP contribution in [0.15, 0.2) is 53.3 Å². The van der Waals surface area contributed by atoms with E-state index in [2.05, 4.69) is 36.1 Å². The van der Waals surface area contributed by atoms with E-state index >= 15 is 0 Å². The molecule has 2 aromatic heterocycles. The Balaban J connectivity index is 1.67. The Labute approximate surface area is 166 Å². The number of aromatic nitrogens is 3. The highest BCUT2D eigenvalue weighted by atomic mass is 32.1. The van der Waals surface area contributed by atoms with Gasteiger partial charge in [-0.2, -0.15) is 9.50 Å². The summed E-state index contributed by atoms with van der Waals surface area (Å²) in [5.74, 6) is 1.83. The summed E-state index contributed by atoms with van der Waals surface area (Å²) < 4.78 is 7.46. The van der Waals surface area contributed by atoms with Crippen LogP contribution in [0.4, 0.5) is 0 Å². The van der Waals surface area contributed by atoms with Crippen LogP contribution in [0.5, 0.6) is 5.75 Å². The molecule has 142 valence electrons. The summed E-state index contributed by atoms with van der Waals surface area (Å²) in [6, 6.07) is 15.8. The maximum Gasteiger partial charge on any atom is 0.291 e. The molecule has 0 amide bonds. The Morgan fingerprint density at radius 1 is 1.11 bits per heavy atom.